The minimum absolute atomic E-state index is 0.266. The zero-order chi connectivity index (χ0) is 14.8. The molecule has 3 rings (SSSR count). The van der Waals surface area contributed by atoms with Crippen LogP contribution in [-0.2, 0) is 6.61 Å². The van der Waals surface area contributed by atoms with Gasteiger partial charge in [-0.25, -0.2) is 4.39 Å². The fraction of sp³-hybridized carbons (Fsp3) is 0.0588. The fourth-order valence-electron chi connectivity index (χ4n) is 2.12. The van der Waals surface area contributed by atoms with Gasteiger partial charge in [-0.1, -0.05) is 52.3 Å². The number of benzene rings is 3. The van der Waals surface area contributed by atoms with Gasteiger partial charge in [-0.05, 0) is 44.9 Å². The molecule has 0 saturated carbocycles. The van der Waals surface area contributed by atoms with E-state index in [0.717, 1.165) is 26.6 Å². The van der Waals surface area contributed by atoms with Crippen LogP contribution in [0.15, 0.2) is 63.5 Å². The van der Waals surface area contributed by atoms with E-state index in [4.69, 9.17) is 4.74 Å². The molecule has 0 bridgehead atoms. The summed E-state index contributed by atoms with van der Waals surface area (Å²) >= 11 is 6.94. The minimum Gasteiger partial charge on any atom is -0.488 e. The van der Waals surface area contributed by atoms with E-state index in [1.54, 1.807) is 6.07 Å². The summed E-state index contributed by atoms with van der Waals surface area (Å²) in [6, 6.07) is 16.6. The van der Waals surface area contributed by atoms with E-state index in [0.29, 0.717) is 11.1 Å². The van der Waals surface area contributed by atoms with Crippen molar-refractivity contribution in [3.8, 4) is 5.75 Å². The Morgan fingerprint density at radius 2 is 1.76 bits per heavy atom. The van der Waals surface area contributed by atoms with Crippen LogP contribution in [0.5, 0.6) is 5.75 Å². The summed E-state index contributed by atoms with van der Waals surface area (Å²) in [6.45, 7) is 0.373. The smallest absolute Gasteiger partial charge is 0.134 e. The van der Waals surface area contributed by atoms with E-state index in [2.05, 4.69) is 37.9 Å². The molecule has 106 valence electrons. The second-order valence-corrected chi connectivity index (χ2v) is 6.27. The Bertz CT molecular complexity index is 802. The van der Waals surface area contributed by atoms with Gasteiger partial charge in [-0.3, -0.25) is 0 Å². The first kappa shape index (κ1) is 14.5. The summed E-state index contributed by atoms with van der Waals surface area (Å²) in [4.78, 5) is 0. The number of hydrogen-bond acceptors (Lipinski definition) is 1. The SMILES string of the molecule is Fc1ccc(COc2ccc3ccccc3c2Br)c(Br)c1. The van der Waals surface area contributed by atoms with E-state index in [-0.39, 0.29) is 5.82 Å². The largest absolute Gasteiger partial charge is 0.488 e. The molecule has 4 heteroatoms. The Hall–Kier alpha value is -1.39. The maximum absolute atomic E-state index is 13.1. The first-order valence-corrected chi connectivity index (χ1v) is 7.98. The number of halogens is 3. The normalized spacial score (nSPS) is 10.8. The summed E-state index contributed by atoms with van der Waals surface area (Å²) in [7, 11) is 0. The van der Waals surface area contributed by atoms with Gasteiger partial charge >= 0.3 is 0 Å². The molecule has 0 aliphatic rings. The third-order valence-electron chi connectivity index (χ3n) is 3.23. The van der Waals surface area contributed by atoms with Crippen molar-refractivity contribution in [3.05, 3.63) is 74.9 Å². The van der Waals surface area contributed by atoms with Crippen molar-refractivity contribution in [1.29, 1.82) is 0 Å². The highest BCUT2D eigenvalue weighted by Gasteiger charge is 2.08. The zero-order valence-corrected chi connectivity index (χ0v) is 14.1. The standard InChI is InChI=1S/C17H11Br2FO/c18-15-9-13(20)7-5-12(15)10-21-16-8-6-11-3-1-2-4-14(11)17(16)19/h1-9H,10H2. The summed E-state index contributed by atoms with van der Waals surface area (Å²) in [5, 5.41) is 2.26. The van der Waals surface area contributed by atoms with Crippen molar-refractivity contribution in [2.75, 3.05) is 0 Å². The predicted octanol–water partition coefficient (Wildman–Crippen LogP) is 6.08. The van der Waals surface area contributed by atoms with Gasteiger partial charge in [0.05, 0.1) is 4.47 Å². The van der Waals surface area contributed by atoms with Crippen molar-refractivity contribution >= 4 is 42.6 Å². The topological polar surface area (TPSA) is 9.23 Å². The molecule has 0 N–H and O–H groups in total. The third kappa shape index (κ3) is 3.11. The molecule has 1 nitrogen and oxygen atoms in total. The lowest BCUT2D eigenvalue weighted by Gasteiger charge is -2.11. The van der Waals surface area contributed by atoms with Crippen molar-refractivity contribution < 1.29 is 9.13 Å². The summed E-state index contributed by atoms with van der Waals surface area (Å²) < 4.78 is 20.6. The Balaban J connectivity index is 1.87. The monoisotopic (exact) mass is 408 g/mol. The molecule has 0 aliphatic heterocycles. The predicted molar refractivity (Wildman–Crippen MR) is 90.1 cm³/mol. The summed E-state index contributed by atoms with van der Waals surface area (Å²) in [5.74, 6) is 0.502. The van der Waals surface area contributed by atoms with Gasteiger partial charge in [0.15, 0.2) is 0 Å². The van der Waals surface area contributed by atoms with Crippen molar-refractivity contribution in [3.63, 3.8) is 0 Å². The molecule has 0 aliphatic carbocycles. The second kappa shape index (κ2) is 6.16. The van der Waals surface area contributed by atoms with Crippen LogP contribution in [0.2, 0.25) is 0 Å². The van der Waals surface area contributed by atoms with Gasteiger partial charge in [0, 0.05) is 10.0 Å². The molecular weight excluding hydrogens is 399 g/mol. The van der Waals surface area contributed by atoms with Gasteiger partial charge in [0.25, 0.3) is 0 Å². The maximum Gasteiger partial charge on any atom is 0.134 e. The van der Waals surface area contributed by atoms with E-state index in [9.17, 15) is 4.39 Å². The van der Waals surface area contributed by atoms with Crippen LogP contribution in [0.25, 0.3) is 10.8 Å². The number of hydrogen-bond donors (Lipinski definition) is 0. The van der Waals surface area contributed by atoms with E-state index >= 15 is 0 Å². The molecule has 0 saturated heterocycles. The number of fused-ring (bicyclic) bond motifs is 1. The summed E-state index contributed by atoms with van der Waals surface area (Å²) in [5.41, 5.74) is 0.899. The zero-order valence-electron chi connectivity index (χ0n) is 10.9. The molecule has 0 heterocycles. The molecular formula is C17H11Br2FO. The lowest BCUT2D eigenvalue weighted by atomic mass is 10.1. The van der Waals surface area contributed by atoms with Gasteiger partial charge < -0.3 is 4.74 Å². The molecule has 0 fully saturated rings. The molecule has 0 radical (unpaired) electrons. The van der Waals surface area contributed by atoms with Crippen LogP contribution >= 0.6 is 31.9 Å². The average molecular weight is 410 g/mol. The minimum atomic E-state index is -0.266. The van der Waals surface area contributed by atoms with Gasteiger partial charge in [-0.2, -0.15) is 0 Å². The first-order chi connectivity index (χ1) is 10.1. The summed E-state index contributed by atoms with van der Waals surface area (Å²) in [6.07, 6.45) is 0. The van der Waals surface area contributed by atoms with Gasteiger partial charge in [-0.15, -0.1) is 0 Å². The fourth-order valence-corrected chi connectivity index (χ4v) is 3.19. The van der Waals surface area contributed by atoms with E-state index in [1.807, 2.05) is 30.3 Å². The number of ether oxygens (including phenoxy) is 1. The Morgan fingerprint density at radius 3 is 2.57 bits per heavy atom. The molecule has 21 heavy (non-hydrogen) atoms. The van der Waals surface area contributed by atoms with Crippen molar-refractivity contribution in [1.82, 2.24) is 0 Å². The molecule has 0 amide bonds. The molecule has 3 aromatic carbocycles. The molecule has 3 aromatic rings. The van der Waals surface area contributed by atoms with Crippen LogP contribution in [0.1, 0.15) is 5.56 Å². The quantitative estimate of drug-likeness (QED) is 0.509. The maximum atomic E-state index is 13.1. The van der Waals surface area contributed by atoms with Crippen LogP contribution in [-0.4, -0.2) is 0 Å². The van der Waals surface area contributed by atoms with E-state index in [1.165, 1.54) is 12.1 Å². The lowest BCUT2D eigenvalue weighted by Crippen LogP contribution is -1.97. The Morgan fingerprint density at radius 1 is 0.952 bits per heavy atom. The first-order valence-electron chi connectivity index (χ1n) is 6.39. The molecule has 0 aromatic heterocycles. The molecule has 0 spiro atoms. The van der Waals surface area contributed by atoms with Crippen molar-refractivity contribution in [2.45, 2.75) is 6.61 Å². The Kier molecular flexibility index (Phi) is 4.27. The highest BCUT2D eigenvalue weighted by atomic mass is 79.9. The highest BCUT2D eigenvalue weighted by Crippen LogP contribution is 2.33. The van der Waals surface area contributed by atoms with Crippen LogP contribution < -0.4 is 4.74 Å². The Labute approximate surface area is 139 Å². The molecule has 0 atom stereocenters. The van der Waals surface area contributed by atoms with Crippen LogP contribution in [0.4, 0.5) is 4.39 Å². The van der Waals surface area contributed by atoms with Crippen LogP contribution in [0, 0.1) is 5.82 Å². The third-order valence-corrected chi connectivity index (χ3v) is 4.78. The second-order valence-electron chi connectivity index (χ2n) is 4.62. The molecule has 0 unspecified atom stereocenters. The van der Waals surface area contributed by atoms with Gasteiger partial charge in [0.2, 0.25) is 0 Å². The highest BCUT2D eigenvalue weighted by molar-refractivity contribution is 9.11. The number of rotatable bonds is 3. The van der Waals surface area contributed by atoms with Crippen LogP contribution in [0.3, 0.4) is 0 Å². The van der Waals surface area contributed by atoms with Crippen molar-refractivity contribution in [2.24, 2.45) is 0 Å². The van der Waals surface area contributed by atoms with E-state index < -0.39 is 0 Å². The van der Waals surface area contributed by atoms with Gasteiger partial charge in [0.1, 0.15) is 18.2 Å². The average Bonchev–Trinajstić information content (AvgIpc) is 2.48. The lowest BCUT2D eigenvalue weighted by molar-refractivity contribution is 0.304.